The minimum atomic E-state index is 1.05. The fourth-order valence-corrected chi connectivity index (χ4v) is 8.93. The third kappa shape index (κ3) is 5.08. The van der Waals surface area contributed by atoms with Crippen LogP contribution in [0.5, 0.6) is 0 Å². The number of fused-ring (bicyclic) bond motifs is 3. The zero-order chi connectivity index (χ0) is 36.5. The Morgan fingerprint density at radius 1 is 0.345 bits per heavy atom. The van der Waals surface area contributed by atoms with Crippen LogP contribution in [0, 0.1) is 0 Å². The van der Waals surface area contributed by atoms with Gasteiger partial charge in [-0.1, -0.05) is 177 Å². The lowest BCUT2D eigenvalue weighted by molar-refractivity contribution is 1.14. The van der Waals surface area contributed by atoms with Crippen molar-refractivity contribution in [2.75, 3.05) is 0 Å². The average Bonchev–Trinajstić information content (AvgIpc) is 3.59. The van der Waals surface area contributed by atoms with E-state index in [2.05, 4.69) is 206 Å². The normalized spacial score (nSPS) is 11.8. The molecule has 0 fully saturated rings. The van der Waals surface area contributed by atoms with Crippen molar-refractivity contribution < 1.29 is 0 Å². The molecule has 1 nitrogen and oxygen atoms in total. The van der Waals surface area contributed by atoms with Gasteiger partial charge in [-0.15, -0.1) is 0 Å². The minimum Gasteiger partial charge on any atom is -0.309 e. The van der Waals surface area contributed by atoms with Gasteiger partial charge in [-0.25, -0.2) is 0 Å². The van der Waals surface area contributed by atoms with Crippen molar-refractivity contribution in [3.8, 4) is 50.2 Å². The maximum Gasteiger partial charge on any atom is 0.0547 e. The number of aromatic nitrogens is 1. The second-order valence-electron chi connectivity index (χ2n) is 14.8. The quantitative estimate of drug-likeness (QED) is 0.152. The van der Waals surface area contributed by atoms with Crippen LogP contribution < -0.4 is 0 Å². The summed E-state index contributed by atoms with van der Waals surface area (Å²) in [6.45, 7) is 2.21. The molecule has 1 heterocycles. The van der Waals surface area contributed by atoms with Crippen LogP contribution in [0.2, 0.25) is 0 Å². The van der Waals surface area contributed by atoms with Crippen molar-refractivity contribution >= 4 is 54.1 Å². The molecule has 0 saturated carbocycles. The highest BCUT2D eigenvalue weighted by Gasteiger charge is 2.17. The Kier molecular flexibility index (Phi) is 7.22. The zero-order valence-corrected chi connectivity index (χ0v) is 30.6. The highest BCUT2D eigenvalue weighted by Crippen LogP contribution is 2.43. The lowest BCUT2D eigenvalue weighted by atomic mass is 9.87. The van der Waals surface area contributed by atoms with Crippen LogP contribution in [-0.2, 0) is 6.42 Å². The maximum absolute atomic E-state index is 2.43. The Hall–Kier alpha value is -6.96. The molecule has 0 atom stereocenters. The Bertz CT molecular complexity index is 3180. The second-order valence-corrected chi connectivity index (χ2v) is 14.8. The summed E-state index contributed by atoms with van der Waals surface area (Å²) in [7, 11) is 0. The second kappa shape index (κ2) is 12.6. The predicted octanol–water partition coefficient (Wildman–Crippen LogP) is 14.9. The lowest BCUT2D eigenvalue weighted by Gasteiger charge is -2.17. The van der Waals surface area contributed by atoms with E-state index in [-0.39, 0.29) is 0 Å². The molecular weight excluding hydrogens is 663 g/mol. The van der Waals surface area contributed by atoms with Gasteiger partial charge >= 0.3 is 0 Å². The molecule has 1 heteroatoms. The SMILES string of the molecule is CCc1ccc(-c2ccc3ccc4c(-c5ccc(-n6c7ccccc7c7ccc(-c8ccc(-c9ccccc9)cc8)cc76)cc5)ccc5ccc2c3c54)cc1. The molecule has 0 aliphatic carbocycles. The van der Waals surface area contributed by atoms with Crippen LogP contribution in [-0.4, -0.2) is 4.57 Å². The van der Waals surface area contributed by atoms with Gasteiger partial charge in [-0.3, -0.25) is 0 Å². The van der Waals surface area contributed by atoms with Crippen molar-refractivity contribution in [2.24, 2.45) is 0 Å². The molecule has 11 aromatic rings. The molecule has 0 saturated heterocycles. The van der Waals surface area contributed by atoms with Gasteiger partial charge in [-0.2, -0.15) is 0 Å². The van der Waals surface area contributed by atoms with Crippen LogP contribution in [0.1, 0.15) is 12.5 Å². The van der Waals surface area contributed by atoms with E-state index in [4.69, 9.17) is 0 Å². The van der Waals surface area contributed by atoms with Crippen LogP contribution in [0.3, 0.4) is 0 Å². The number of para-hydroxylation sites is 1. The molecule has 10 aromatic carbocycles. The summed E-state index contributed by atoms with van der Waals surface area (Å²) in [5, 5.41) is 10.4. The Morgan fingerprint density at radius 2 is 0.818 bits per heavy atom. The van der Waals surface area contributed by atoms with E-state index >= 15 is 0 Å². The first-order valence-electron chi connectivity index (χ1n) is 19.3. The molecule has 0 aliphatic rings. The van der Waals surface area contributed by atoms with E-state index in [0.29, 0.717) is 0 Å². The average molecular weight is 700 g/mol. The molecule has 11 rings (SSSR count). The fourth-order valence-electron chi connectivity index (χ4n) is 8.93. The monoisotopic (exact) mass is 699 g/mol. The Morgan fingerprint density at radius 3 is 1.45 bits per heavy atom. The van der Waals surface area contributed by atoms with Gasteiger partial charge in [0.05, 0.1) is 11.0 Å². The van der Waals surface area contributed by atoms with Crippen LogP contribution in [0.15, 0.2) is 194 Å². The Balaban J connectivity index is 1.01. The van der Waals surface area contributed by atoms with E-state index in [0.717, 1.165) is 12.1 Å². The van der Waals surface area contributed by atoms with Crippen molar-refractivity contribution in [1.29, 1.82) is 0 Å². The van der Waals surface area contributed by atoms with E-state index in [9.17, 15) is 0 Å². The van der Waals surface area contributed by atoms with Gasteiger partial charge in [0.1, 0.15) is 0 Å². The van der Waals surface area contributed by atoms with Gasteiger partial charge in [-0.05, 0) is 113 Å². The number of rotatable bonds is 6. The van der Waals surface area contributed by atoms with Gasteiger partial charge in [0.25, 0.3) is 0 Å². The van der Waals surface area contributed by atoms with E-state index < -0.39 is 0 Å². The van der Waals surface area contributed by atoms with Crippen LogP contribution in [0.4, 0.5) is 0 Å². The summed E-state index contributed by atoms with van der Waals surface area (Å²) in [6, 6.07) is 71.9. The molecule has 1 aromatic heterocycles. The first kappa shape index (κ1) is 31.6. The van der Waals surface area contributed by atoms with E-state index in [1.165, 1.54) is 104 Å². The highest BCUT2D eigenvalue weighted by atomic mass is 15.0. The maximum atomic E-state index is 2.43. The Labute approximate surface area is 320 Å². The number of hydrogen-bond donors (Lipinski definition) is 0. The predicted molar refractivity (Wildman–Crippen MR) is 236 cm³/mol. The van der Waals surface area contributed by atoms with Gasteiger partial charge in [0, 0.05) is 16.5 Å². The number of benzene rings is 10. The van der Waals surface area contributed by atoms with Crippen molar-refractivity contribution in [2.45, 2.75) is 13.3 Å². The molecular formula is C54H37N. The van der Waals surface area contributed by atoms with Crippen molar-refractivity contribution in [3.63, 3.8) is 0 Å². The van der Waals surface area contributed by atoms with Gasteiger partial charge in [0.2, 0.25) is 0 Å². The number of aryl methyl sites for hydroxylation is 1. The topological polar surface area (TPSA) is 4.93 Å². The van der Waals surface area contributed by atoms with Gasteiger partial charge in [0.15, 0.2) is 0 Å². The molecule has 55 heavy (non-hydrogen) atoms. The van der Waals surface area contributed by atoms with Crippen LogP contribution >= 0.6 is 0 Å². The molecule has 0 unspecified atom stereocenters. The van der Waals surface area contributed by atoms with Crippen molar-refractivity contribution in [1.82, 2.24) is 4.57 Å². The fraction of sp³-hybridized carbons (Fsp3) is 0.0370. The molecule has 0 bridgehead atoms. The van der Waals surface area contributed by atoms with E-state index in [1.807, 2.05) is 0 Å². The largest absolute Gasteiger partial charge is 0.309 e. The zero-order valence-electron chi connectivity index (χ0n) is 30.6. The van der Waals surface area contributed by atoms with Gasteiger partial charge < -0.3 is 4.57 Å². The van der Waals surface area contributed by atoms with Crippen LogP contribution in [0.25, 0.3) is 104 Å². The first-order valence-corrected chi connectivity index (χ1v) is 19.3. The summed E-state index contributed by atoms with van der Waals surface area (Å²) in [5.74, 6) is 0. The molecule has 0 amide bonds. The lowest BCUT2D eigenvalue weighted by Crippen LogP contribution is -1.94. The van der Waals surface area contributed by atoms with E-state index in [1.54, 1.807) is 0 Å². The third-order valence-corrected chi connectivity index (χ3v) is 11.8. The molecule has 0 spiro atoms. The summed E-state index contributed by atoms with van der Waals surface area (Å²) >= 11 is 0. The number of hydrogen-bond acceptors (Lipinski definition) is 0. The molecule has 258 valence electrons. The molecule has 0 aliphatic heterocycles. The summed E-state index contributed by atoms with van der Waals surface area (Å²) in [5.41, 5.74) is 14.9. The molecule has 0 radical (unpaired) electrons. The third-order valence-electron chi connectivity index (χ3n) is 11.8. The molecule has 0 N–H and O–H groups in total. The van der Waals surface area contributed by atoms with Crippen molar-refractivity contribution in [3.05, 3.63) is 200 Å². The summed E-state index contributed by atoms with van der Waals surface area (Å²) in [4.78, 5) is 0. The summed E-state index contributed by atoms with van der Waals surface area (Å²) < 4.78 is 2.43. The summed E-state index contributed by atoms with van der Waals surface area (Å²) in [6.07, 6.45) is 1.05. The number of nitrogens with zero attached hydrogens (tertiary/aromatic N) is 1. The highest BCUT2D eigenvalue weighted by molar-refractivity contribution is 6.27. The first-order chi connectivity index (χ1) is 27.2. The smallest absolute Gasteiger partial charge is 0.0547 e. The minimum absolute atomic E-state index is 1.05. The standard InChI is InChI=1S/C54H37N/c1-2-35-12-14-39(15-13-35)45-29-22-41-25-33-50-46(30-23-42-24-32-49(45)53(41)54(42)50)40-20-27-44(28-21-40)55-51-11-7-6-10-47(51)48-31-26-43(34-52(48)55)38-18-16-37(17-19-38)36-8-4-3-5-9-36/h3-34H,2H2,1H3.